The standard InChI is InChI=1S/C8H12N2.H3N/c1-2-10-8-6-4-3-5-7(8)9;/h3-6,10H,2,9H2,1H3;1H3. The average molecular weight is 153 g/mol. The fraction of sp³-hybridized carbons (Fsp3) is 0.250. The van der Waals surface area contributed by atoms with Gasteiger partial charge in [-0.05, 0) is 19.1 Å². The number of hydrogen-bond donors (Lipinski definition) is 3. The maximum atomic E-state index is 5.64. The summed E-state index contributed by atoms with van der Waals surface area (Å²) < 4.78 is 0. The van der Waals surface area contributed by atoms with Crippen LogP contribution in [0.4, 0.5) is 11.4 Å². The molecule has 0 radical (unpaired) electrons. The van der Waals surface area contributed by atoms with E-state index in [1.807, 2.05) is 31.2 Å². The molecule has 0 aliphatic heterocycles. The van der Waals surface area contributed by atoms with E-state index in [-0.39, 0.29) is 6.15 Å². The first-order valence-corrected chi connectivity index (χ1v) is 3.43. The smallest absolute Gasteiger partial charge is 0.0573 e. The number of rotatable bonds is 2. The molecular formula is C8H15N3. The van der Waals surface area contributed by atoms with Crippen molar-refractivity contribution in [3.8, 4) is 0 Å². The van der Waals surface area contributed by atoms with E-state index in [9.17, 15) is 0 Å². The third-order valence-electron chi connectivity index (χ3n) is 1.33. The number of benzene rings is 1. The molecule has 6 N–H and O–H groups in total. The first-order chi connectivity index (χ1) is 4.84. The zero-order chi connectivity index (χ0) is 7.40. The quantitative estimate of drug-likeness (QED) is 0.568. The minimum Gasteiger partial charge on any atom is -0.397 e. The second-order valence-electron chi connectivity index (χ2n) is 2.12. The molecule has 62 valence electrons. The third kappa shape index (κ3) is 2.47. The van der Waals surface area contributed by atoms with E-state index < -0.39 is 0 Å². The SMILES string of the molecule is CCNc1ccccc1N.N. The maximum absolute atomic E-state index is 5.64. The van der Waals surface area contributed by atoms with Gasteiger partial charge in [0.25, 0.3) is 0 Å². The van der Waals surface area contributed by atoms with Crippen molar-refractivity contribution in [2.75, 3.05) is 17.6 Å². The number of anilines is 2. The Balaban J connectivity index is 0.000001000. The Bertz CT molecular complexity index is 210. The van der Waals surface area contributed by atoms with Crippen LogP contribution in [0.25, 0.3) is 0 Å². The van der Waals surface area contributed by atoms with Crippen LogP contribution in [0.1, 0.15) is 6.92 Å². The van der Waals surface area contributed by atoms with Gasteiger partial charge in [-0.2, -0.15) is 0 Å². The van der Waals surface area contributed by atoms with E-state index in [1.165, 1.54) is 0 Å². The minimum absolute atomic E-state index is 0. The zero-order valence-corrected chi connectivity index (χ0v) is 6.80. The molecule has 0 saturated heterocycles. The molecule has 0 bridgehead atoms. The van der Waals surface area contributed by atoms with Crippen molar-refractivity contribution in [2.45, 2.75) is 6.92 Å². The van der Waals surface area contributed by atoms with Crippen LogP contribution < -0.4 is 17.2 Å². The fourth-order valence-electron chi connectivity index (χ4n) is 0.848. The summed E-state index contributed by atoms with van der Waals surface area (Å²) in [6.07, 6.45) is 0. The van der Waals surface area contributed by atoms with Gasteiger partial charge in [-0.25, -0.2) is 0 Å². The molecule has 3 nitrogen and oxygen atoms in total. The Labute approximate surface area is 67.2 Å². The van der Waals surface area contributed by atoms with E-state index in [4.69, 9.17) is 5.73 Å². The molecule has 0 saturated carbocycles. The highest BCUT2D eigenvalue weighted by Crippen LogP contribution is 2.15. The molecule has 0 aliphatic rings. The van der Waals surface area contributed by atoms with Crippen LogP contribution in [0.2, 0.25) is 0 Å². The summed E-state index contributed by atoms with van der Waals surface area (Å²) in [6, 6.07) is 7.75. The van der Waals surface area contributed by atoms with Gasteiger partial charge in [0.05, 0.1) is 11.4 Å². The summed E-state index contributed by atoms with van der Waals surface area (Å²) in [5.41, 5.74) is 7.47. The molecule has 1 aromatic carbocycles. The van der Waals surface area contributed by atoms with Gasteiger partial charge in [-0.3, -0.25) is 0 Å². The van der Waals surface area contributed by atoms with Crippen molar-refractivity contribution in [3.05, 3.63) is 24.3 Å². The number of para-hydroxylation sites is 2. The molecule has 3 heteroatoms. The summed E-state index contributed by atoms with van der Waals surface area (Å²) in [7, 11) is 0. The van der Waals surface area contributed by atoms with Gasteiger partial charge in [0.15, 0.2) is 0 Å². The van der Waals surface area contributed by atoms with E-state index >= 15 is 0 Å². The van der Waals surface area contributed by atoms with Crippen LogP contribution in [-0.4, -0.2) is 6.54 Å². The van der Waals surface area contributed by atoms with Gasteiger partial charge in [-0.1, -0.05) is 12.1 Å². The van der Waals surface area contributed by atoms with Crippen molar-refractivity contribution in [1.29, 1.82) is 0 Å². The lowest BCUT2D eigenvalue weighted by Gasteiger charge is -2.04. The van der Waals surface area contributed by atoms with Gasteiger partial charge >= 0.3 is 0 Å². The highest BCUT2D eigenvalue weighted by atomic mass is 14.9. The molecule has 0 heterocycles. The van der Waals surface area contributed by atoms with Crippen molar-refractivity contribution in [2.24, 2.45) is 0 Å². The van der Waals surface area contributed by atoms with Crippen LogP contribution >= 0.6 is 0 Å². The van der Waals surface area contributed by atoms with Crippen molar-refractivity contribution in [3.63, 3.8) is 0 Å². The molecular weight excluding hydrogens is 138 g/mol. The Morgan fingerprint density at radius 2 is 2.00 bits per heavy atom. The van der Waals surface area contributed by atoms with Gasteiger partial charge in [0, 0.05) is 6.54 Å². The minimum atomic E-state index is 0. The topological polar surface area (TPSA) is 73.0 Å². The maximum Gasteiger partial charge on any atom is 0.0573 e. The Kier molecular flexibility index (Phi) is 4.07. The molecule has 1 rings (SSSR count). The Morgan fingerprint density at radius 3 is 2.55 bits per heavy atom. The number of nitrogens with one attached hydrogen (secondary N) is 1. The van der Waals surface area contributed by atoms with Crippen LogP contribution in [0.15, 0.2) is 24.3 Å². The second-order valence-corrected chi connectivity index (χ2v) is 2.12. The van der Waals surface area contributed by atoms with E-state index in [2.05, 4.69) is 5.32 Å². The summed E-state index contributed by atoms with van der Waals surface area (Å²) >= 11 is 0. The van der Waals surface area contributed by atoms with Gasteiger partial charge in [0.1, 0.15) is 0 Å². The summed E-state index contributed by atoms with van der Waals surface area (Å²) in [6.45, 7) is 2.96. The lowest BCUT2D eigenvalue weighted by molar-refractivity contribution is 1.21. The number of hydrogen-bond acceptors (Lipinski definition) is 3. The lowest BCUT2D eigenvalue weighted by atomic mass is 10.3. The van der Waals surface area contributed by atoms with Crippen LogP contribution in [0, 0.1) is 0 Å². The molecule has 0 amide bonds. The van der Waals surface area contributed by atoms with Gasteiger partial charge in [0.2, 0.25) is 0 Å². The van der Waals surface area contributed by atoms with E-state index in [0.29, 0.717) is 0 Å². The molecule has 0 aromatic heterocycles. The van der Waals surface area contributed by atoms with Crippen molar-refractivity contribution in [1.82, 2.24) is 6.15 Å². The molecule has 0 fully saturated rings. The summed E-state index contributed by atoms with van der Waals surface area (Å²) in [4.78, 5) is 0. The Morgan fingerprint density at radius 1 is 1.36 bits per heavy atom. The van der Waals surface area contributed by atoms with Gasteiger partial charge in [-0.15, -0.1) is 0 Å². The van der Waals surface area contributed by atoms with E-state index in [1.54, 1.807) is 0 Å². The first kappa shape index (κ1) is 9.78. The molecule has 0 aliphatic carbocycles. The Hall–Kier alpha value is -1.22. The molecule has 0 unspecified atom stereocenters. The third-order valence-corrected chi connectivity index (χ3v) is 1.33. The predicted molar refractivity (Wildman–Crippen MR) is 50.0 cm³/mol. The van der Waals surface area contributed by atoms with Crippen LogP contribution in [0.5, 0.6) is 0 Å². The predicted octanol–water partition coefficient (Wildman–Crippen LogP) is 1.86. The summed E-state index contributed by atoms with van der Waals surface area (Å²) in [5.74, 6) is 0. The van der Waals surface area contributed by atoms with Gasteiger partial charge < -0.3 is 17.2 Å². The van der Waals surface area contributed by atoms with Crippen molar-refractivity contribution < 1.29 is 0 Å². The lowest BCUT2D eigenvalue weighted by Crippen LogP contribution is -1.99. The molecule has 0 atom stereocenters. The normalized spacial score (nSPS) is 8.45. The van der Waals surface area contributed by atoms with E-state index in [0.717, 1.165) is 17.9 Å². The highest BCUT2D eigenvalue weighted by molar-refractivity contribution is 5.65. The second kappa shape index (κ2) is 4.57. The summed E-state index contributed by atoms with van der Waals surface area (Å²) in [5, 5.41) is 3.15. The fourth-order valence-corrected chi connectivity index (χ4v) is 0.848. The van der Waals surface area contributed by atoms with Crippen LogP contribution in [-0.2, 0) is 0 Å². The molecule has 11 heavy (non-hydrogen) atoms. The molecule has 0 spiro atoms. The van der Waals surface area contributed by atoms with Crippen molar-refractivity contribution >= 4 is 11.4 Å². The first-order valence-electron chi connectivity index (χ1n) is 3.43. The highest BCUT2D eigenvalue weighted by Gasteiger charge is 1.91. The zero-order valence-electron chi connectivity index (χ0n) is 6.80. The number of nitrogens with two attached hydrogens (primary N) is 1. The number of nitrogen functional groups attached to an aromatic ring is 1. The van der Waals surface area contributed by atoms with Crippen LogP contribution in [0.3, 0.4) is 0 Å². The largest absolute Gasteiger partial charge is 0.397 e. The average Bonchev–Trinajstić information content (AvgIpc) is 1.94. The molecule has 1 aromatic rings. The monoisotopic (exact) mass is 153 g/mol.